The van der Waals surface area contributed by atoms with Gasteiger partial charge >= 0.3 is 0 Å². The van der Waals surface area contributed by atoms with Crippen LogP contribution in [0.15, 0.2) is 24.3 Å². The molecule has 0 aliphatic carbocycles. The number of benzene rings is 1. The van der Waals surface area contributed by atoms with Crippen molar-refractivity contribution in [1.29, 1.82) is 0 Å². The third-order valence-electron chi connectivity index (χ3n) is 1.82. The predicted molar refractivity (Wildman–Crippen MR) is 45.3 cm³/mol. The van der Waals surface area contributed by atoms with Crippen molar-refractivity contribution in [3.8, 4) is 0 Å². The van der Waals surface area contributed by atoms with E-state index in [1.807, 2.05) is 24.3 Å². The molecule has 1 rings (SSSR count). The lowest BCUT2D eigenvalue weighted by molar-refractivity contribution is 0.481. The molecular weight excluding hydrogens is 139 g/mol. The van der Waals surface area contributed by atoms with E-state index in [0.29, 0.717) is 5.92 Å². The van der Waals surface area contributed by atoms with Crippen molar-refractivity contribution < 1.29 is 4.39 Å². The van der Waals surface area contributed by atoms with Crippen LogP contribution >= 0.6 is 0 Å². The quantitative estimate of drug-likeness (QED) is 0.610. The monoisotopic (exact) mass is 152 g/mol. The van der Waals surface area contributed by atoms with Crippen LogP contribution in [0.1, 0.15) is 30.9 Å². The summed E-state index contributed by atoms with van der Waals surface area (Å²) in [6, 6.07) is 7.66. The molecule has 0 aliphatic heterocycles. The van der Waals surface area contributed by atoms with E-state index in [-0.39, 0.29) is 6.67 Å². The van der Waals surface area contributed by atoms with Crippen molar-refractivity contribution in [1.82, 2.24) is 0 Å². The Labute approximate surface area is 67.1 Å². The molecule has 1 aromatic carbocycles. The van der Waals surface area contributed by atoms with Crippen molar-refractivity contribution in [3.63, 3.8) is 0 Å². The Morgan fingerprint density at radius 3 is 2.36 bits per heavy atom. The molecule has 1 heteroatoms. The van der Waals surface area contributed by atoms with Crippen molar-refractivity contribution in [3.05, 3.63) is 35.4 Å². The van der Waals surface area contributed by atoms with Gasteiger partial charge in [0.05, 0.1) is 0 Å². The fourth-order valence-electron chi connectivity index (χ4n) is 1.22. The highest BCUT2D eigenvalue weighted by molar-refractivity contribution is 5.28. The lowest BCUT2D eigenvalue weighted by atomic mass is 9.98. The van der Waals surface area contributed by atoms with Gasteiger partial charge in [0, 0.05) is 0 Å². The average Bonchev–Trinajstić information content (AvgIpc) is 2.04. The van der Waals surface area contributed by atoms with Crippen LogP contribution in [0.5, 0.6) is 0 Å². The zero-order valence-corrected chi connectivity index (χ0v) is 6.97. The first kappa shape index (κ1) is 8.25. The van der Waals surface area contributed by atoms with Crippen molar-refractivity contribution in [2.45, 2.75) is 26.4 Å². The van der Waals surface area contributed by atoms with Crippen LogP contribution in [0.2, 0.25) is 0 Å². The molecule has 0 fully saturated rings. The summed E-state index contributed by atoms with van der Waals surface area (Å²) in [5.74, 6) is 0.418. The van der Waals surface area contributed by atoms with Gasteiger partial charge in [0.15, 0.2) is 0 Å². The van der Waals surface area contributed by atoms with Gasteiger partial charge in [-0.05, 0) is 17.0 Å². The maximum absolute atomic E-state index is 12.3. The summed E-state index contributed by atoms with van der Waals surface area (Å²) in [5.41, 5.74) is 1.94. The summed E-state index contributed by atoms with van der Waals surface area (Å²) in [6.45, 7) is 3.80. The Morgan fingerprint density at radius 2 is 1.91 bits per heavy atom. The van der Waals surface area contributed by atoms with E-state index in [9.17, 15) is 4.39 Å². The molecule has 0 atom stereocenters. The molecule has 11 heavy (non-hydrogen) atoms. The minimum Gasteiger partial charge on any atom is -0.246 e. The average molecular weight is 152 g/mol. The van der Waals surface area contributed by atoms with Crippen LogP contribution in [-0.4, -0.2) is 0 Å². The maximum atomic E-state index is 12.3. The molecule has 0 saturated heterocycles. The number of alkyl halides is 1. The first-order valence-electron chi connectivity index (χ1n) is 3.89. The first-order valence-corrected chi connectivity index (χ1v) is 3.89. The summed E-state index contributed by atoms with van der Waals surface area (Å²) in [6.07, 6.45) is 0. The second kappa shape index (κ2) is 3.51. The summed E-state index contributed by atoms with van der Waals surface area (Å²) in [5, 5.41) is 0. The molecular formula is C10H13F. The molecule has 60 valence electrons. The highest BCUT2D eigenvalue weighted by Gasteiger charge is 2.03. The number of hydrogen-bond acceptors (Lipinski definition) is 0. The SMILES string of the molecule is CC(C)c1ccccc1CF. The van der Waals surface area contributed by atoms with E-state index in [1.165, 1.54) is 0 Å². The normalized spacial score (nSPS) is 10.5. The summed E-state index contributed by atoms with van der Waals surface area (Å²) >= 11 is 0. The number of hydrogen-bond donors (Lipinski definition) is 0. The maximum Gasteiger partial charge on any atom is 0.115 e. The molecule has 0 aliphatic rings. The van der Waals surface area contributed by atoms with Crippen molar-refractivity contribution in [2.24, 2.45) is 0 Å². The minimum absolute atomic E-state index is 0.353. The van der Waals surface area contributed by atoms with Crippen LogP contribution in [0.3, 0.4) is 0 Å². The molecule has 0 amide bonds. The second-order valence-electron chi connectivity index (χ2n) is 2.99. The molecule has 0 bridgehead atoms. The highest BCUT2D eigenvalue weighted by Crippen LogP contribution is 2.19. The molecule has 1 aromatic rings. The van der Waals surface area contributed by atoms with Gasteiger partial charge in [0.25, 0.3) is 0 Å². The predicted octanol–water partition coefficient (Wildman–Crippen LogP) is 3.28. The highest BCUT2D eigenvalue weighted by atomic mass is 19.1. The van der Waals surface area contributed by atoms with Crippen LogP contribution in [-0.2, 0) is 6.67 Å². The van der Waals surface area contributed by atoms with Crippen LogP contribution < -0.4 is 0 Å². The topological polar surface area (TPSA) is 0 Å². The summed E-state index contributed by atoms with van der Waals surface area (Å²) < 4.78 is 12.3. The van der Waals surface area contributed by atoms with Gasteiger partial charge in [-0.15, -0.1) is 0 Å². The zero-order chi connectivity index (χ0) is 8.27. The lowest BCUT2D eigenvalue weighted by Gasteiger charge is -2.08. The molecule has 0 unspecified atom stereocenters. The van der Waals surface area contributed by atoms with Crippen molar-refractivity contribution in [2.75, 3.05) is 0 Å². The van der Waals surface area contributed by atoms with Crippen LogP contribution in [0, 0.1) is 0 Å². The largest absolute Gasteiger partial charge is 0.246 e. The molecule has 0 radical (unpaired) electrons. The Kier molecular flexibility index (Phi) is 2.64. The minimum atomic E-state index is -0.353. The molecule has 0 aromatic heterocycles. The van der Waals surface area contributed by atoms with Gasteiger partial charge in [-0.1, -0.05) is 38.1 Å². The van der Waals surface area contributed by atoms with Gasteiger partial charge in [0.1, 0.15) is 6.67 Å². The summed E-state index contributed by atoms with van der Waals surface area (Å²) in [4.78, 5) is 0. The van der Waals surface area contributed by atoms with E-state index >= 15 is 0 Å². The van der Waals surface area contributed by atoms with Gasteiger partial charge in [0.2, 0.25) is 0 Å². The van der Waals surface area contributed by atoms with Crippen LogP contribution in [0.4, 0.5) is 4.39 Å². The third kappa shape index (κ3) is 1.79. The first-order chi connectivity index (χ1) is 5.25. The fourth-order valence-corrected chi connectivity index (χ4v) is 1.22. The Balaban J connectivity index is 3.02. The van der Waals surface area contributed by atoms with Gasteiger partial charge < -0.3 is 0 Å². The van der Waals surface area contributed by atoms with E-state index in [4.69, 9.17) is 0 Å². The molecule has 0 nitrogen and oxygen atoms in total. The van der Waals surface area contributed by atoms with Crippen LogP contribution in [0.25, 0.3) is 0 Å². The lowest BCUT2D eigenvalue weighted by Crippen LogP contribution is -1.92. The van der Waals surface area contributed by atoms with Gasteiger partial charge in [-0.25, -0.2) is 4.39 Å². The van der Waals surface area contributed by atoms with E-state index in [0.717, 1.165) is 11.1 Å². The van der Waals surface area contributed by atoms with E-state index in [1.54, 1.807) is 0 Å². The second-order valence-corrected chi connectivity index (χ2v) is 2.99. The number of halogens is 1. The number of rotatable bonds is 2. The molecule has 0 spiro atoms. The molecule has 0 N–H and O–H groups in total. The smallest absolute Gasteiger partial charge is 0.115 e. The van der Waals surface area contributed by atoms with Gasteiger partial charge in [-0.2, -0.15) is 0 Å². The van der Waals surface area contributed by atoms with E-state index < -0.39 is 0 Å². The zero-order valence-electron chi connectivity index (χ0n) is 6.97. The standard InChI is InChI=1S/C10H13F/c1-8(2)10-6-4-3-5-9(10)7-11/h3-6,8H,7H2,1-2H3. The Morgan fingerprint density at radius 1 is 1.27 bits per heavy atom. The Bertz CT molecular complexity index is 228. The summed E-state index contributed by atoms with van der Waals surface area (Å²) in [7, 11) is 0. The third-order valence-corrected chi connectivity index (χ3v) is 1.82. The van der Waals surface area contributed by atoms with Gasteiger partial charge in [-0.3, -0.25) is 0 Å². The Hall–Kier alpha value is -0.850. The van der Waals surface area contributed by atoms with E-state index in [2.05, 4.69) is 13.8 Å². The fraction of sp³-hybridized carbons (Fsp3) is 0.400. The molecule has 0 saturated carbocycles. The van der Waals surface area contributed by atoms with Crippen molar-refractivity contribution >= 4 is 0 Å². The molecule has 0 heterocycles.